The summed E-state index contributed by atoms with van der Waals surface area (Å²) < 4.78 is 0. The van der Waals surface area contributed by atoms with E-state index in [4.69, 9.17) is 11.6 Å². The first-order valence-corrected chi connectivity index (χ1v) is 4.56. The number of hydrogen-bond acceptors (Lipinski definition) is 2. The zero-order valence-electron chi connectivity index (χ0n) is 7.05. The van der Waals surface area contributed by atoms with Crippen LogP contribution in [-0.2, 0) is 0 Å². The van der Waals surface area contributed by atoms with Crippen LogP contribution in [0.15, 0.2) is 6.20 Å². The molecule has 3 nitrogen and oxygen atoms in total. The van der Waals surface area contributed by atoms with Crippen LogP contribution in [0.4, 0.5) is 0 Å². The molecule has 2 heterocycles. The molecule has 0 saturated carbocycles. The smallest absolute Gasteiger partial charge is 0.200 e. The Hall–Kier alpha value is -0.540. The summed E-state index contributed by atoms with van der Waals surface area (Å²) in [5.74, 6) is 0. The second-order valence-corrected chi connectivity index (χ2v) is 3.63. The number of rotatable bonds is 1. The minimum atomic E-state index is 0.491. The average molecular weight is 186 g/mol. The van der Waals surface area contributed by atoms with E-state index in [9.17, 15) is 0 Å². The number of halogens is 1. The second kappa shape index (κ2) is 3.07. The van der Waals surface area contributed by atoms with Crippen molar-refractivity contribution < 1.29 is 0 Å². The fraction of sp³-hybridized carbons (Fsp3) is 0.625. The van der Waals surface area contributed by atoms with Gasteiger partial charge in [0, 0.05) is 0 Å². The molecule has 0 spiro atoms. The van der Waals surface area contributed by atoms with Gasteiger partial charge in [0.15, 0.2) is 5.28 Å². The summed E-state index contributed by atoms with van der Waals surface area (Å²) in [5.41, 5.74) is 1.14. The van der Waals surface area contributed by atoms with Crippen molar-refractivity contribution in [3.63, 3.8) is 0 Å². The number of hydrogen-bond donors (Lipinski definition) is 1. The van der Waals surface area contributed by atoms with Crippen LogP contribution in [0.2, 0.25) is 5.28 Å². The first-order chi connectivity index (χ1) is 5.77. The van der Waals surface area contributed by atoms with Gasteiger partial charge in [-0.25, -0.2) is 4.98 Å². The number of likely N-dealkylation sites (tertiary alicyclic amines) is 1. The molecule has 1 aliphatic heterocycles. The predicted octanol–water partition coefficient (Wildman–Crippen LogP) is 1.83. The Kier molecular flexibility index (Phi) is 2.07. The maximum Gasteiger partial charge on any atom is 0.200 e. The number of aromatic nitrogens is 2. The second-order valence-electron chi connectivity index (χ2n) is 3.27. The maximum absolute atomic E-state index is 5.70. The lowest BCUT2D eigenvalue weighted by molar-refractivity contribution is 0.312. The molecule has 0 aromatic carbocycles. The highest BCUT2D eigenvalue weighted by atomic mass is 35.5. The highest BCUT2D eigenvalue weighted by Crippen LogP contribution is 2.29. The van der Waals surface area contributed by atoms with Gasteiger partial charge in [0.1, 0.15) is 0 Å². The summed E-state index contributed by atoms with van der Waals surface area (Å²) in [7, 11) is 2.13. The zero-order valence-corrected chi connectivity index (χ0v) is 7.80. The molecular weight excluding hydrogens is 174 g/mol. The largest absolute Gasteiger partial charge is 0.331 e. The van der Waals surface area contributed by atoms with E-state index in [-0.39, 0.29) is 0 Å². The lowest BCUT2D eigenvalue weighted by Crippen LogP contribution is -2.17. The van der Waals surface area contributed by atoms with Crippen LogP contribution < -0.4 is 0 Å². The lowest BCUT2D eigenvalue weighted by atomic mass is 10.2. The van der Waals surface area contributed by atoms with Crippen molar-refractivity contribution in [1.29, 1.82) is 0 Å². The SMILES string of the molecule is CN1CCCC1c1cnc(Cl)[nH]1. The van der Waals surface area contributed by atoms with E-state index in [0.29, 0.717) is 11.3 Å². The van der Waals surface area contributed by atoms with Gasteiger partial charge in [-0.15, -0.1) is 0 Å². The Balaban J connectivity index is 2.19. The quantitative estimate of drug-likeness (QED) is 0.724. The van der Waals surface area contributed by atoms with Crippen LogP contribution in [0.5, 0.6) is 0 Å². The van der Waals surface area contributed by atoms with Gasteiger partial charge in [0.2, 0.25) is 0 Å². The van der Waals surface area contributed by atoms with Crippen LogP contribution in [0.1, 0.15) is 24.6 Å². The van der Waals surface area contributed by atoms with E-state index in [1.165, 1.54) is 19.4 Å². The first-order valence-electron chi connectivity index (χ1n) is 4.18. The van der Waals surface area contributed by atoms with Crippen molar-refractivity contribution >= 4 is 11.6 Å². The molecule has 0 aliphatic carbocycles. The Morgan fingerprint density at radius 1 is 1.75 bits per heavy atom. The molecule has 1 unspecified atom stereocenters. The monoisotopic (exact) mass is 185 g/mol. The summed E-state index contributed by atoms with van der Waals surface area (Å²) in [6, 6.07) is 0.491. The van der Waals surface area contributed by atoms with Crippen LogP contribution in [0.25, 0.3) is 0 Å². The molecule has 1 aromatic heterocycles. The molecule has 1 fully saturated rings. The van der Waals surface area contributed by atoms with E-state index >= 15 is 0 Å². The van der Waals surface area contributed by atoms with Crippen LogP contribution >= 0.6 is 11.6 Å². The molecule has 1 saturated heterocycles. The minimum absolute atomic E-state index is 0.491. The fourth-order valence-corrected chi connectivity index (χ4v) is 1.94. The molecule has 0 radical (unpaired) electrons. The van der Waals surface area contributed by atoms with Gasteiger partial charge < -0.3 is 4.98 Å². The van der Waals surface area contributed by atoms with E-state index < -0.39 is 0 Å². The Labute approximate surface area is 76.7 Å². The van der Waals surface area contributed by atoms with Crippen LogP contribution in [0.3, 0.4) is 0 Å². The molecule has 1 N–H and O–H groups in total. The summed E-state index contributed by atoms with van der Waals surface area (Å²) in [5, 5.41) is 0.491. The van der Waals surface area contributed by atoms with Gasteiger partial charge in [-0.3, -0.25) is 4.90 Å². The van der Waals surface area contributed by atoms with E-state index in [0.717, 1.165) is 5.69 Å². The normalized spacial score (nSPS) is 25.0. The highest BCUT2D eigenvalue weighted by Gasteiger charge is 2.23. The van der Waals surface area contributed by atoms with E-state index in [1.54, 1.807) is 0 Å². The summed E-state index contributed by atoms with van der Waals surface area (Å²) in [4.78, 5) is 9.36. The zero-order chi connectivity index (χ0) is 8.55. The topological polar surface area (TPSA) is 31.9 Å². The van der Waals surface area contributed by atoms with Crippen LogP contribution in [0, 0.1) is 0 Å². The summed E-state index contributed by atoms with van der Waals surface area (Å²) in [6.07, 6.45) is 4.29. The first kappa shape index (κ1) is 8.08. The number of H-pyrrole nitrogens is 1. The molecule has 1 aromatic rings. The van der Waals surface area contributed by atoms with Gasteiger partial charge in [-0.05, 0) is 38.0 Å². The molecule has 12 heavy (non-hydrogen) atoms. The van der Waals surface area contributed by atoms with Gasteiger partial charge in [-0.2, -0.15) is 0 Å². The maximum atomic E-state index is 5.70. The average Bonchev–Trinajstić information content (AvgIpc) is 2.58. The van der Waals surface area contributed by atoms with E-state index in [2.05, 4.69) is 21.9 Å². The van der Waals surface area contributed by atoms with Crippen molar-refractivity contribution in [3.05, 3.63) is 17.2 Å². The standard InChI is InChI=1S/C8H12ClN3/c1-12-4-2-3-7(12)6-5-10-8(9)11-6/h5,7H,2-4H2,1H3,(H,10,11). The molecule has 2 rings (SSSR count). The van der Waals surface area contributed by atoms with Crippen molar-refractivity contribution in [2.75, 3.05) is 13.6 Å². The Morgan fingerprint density at radius 2 is 2.58 bits per heavy atom. The third-order valence-electron chi connectivity index (χ3n) is 2.44. The van der Waals surface area contributed by atoms with E-state index in [1.807, 2.05) is 6.20 Å². The van der Waals surface area contributed by atoms with Gasteiger partial charge in [0.25, 0.3) is 0 Å². The summed E-state index contributed by atoms with van der Waals surface area (Å²) >= 11 is 5.70. The van der Waals surface area contributed by atoms with Gasteiger partial charge >= 0.3 is 0 Å². The minimum Gasteiger partial charge on any atom is -0.331 e. The molecule has 4 heteroatoms. The van der Waals surface area contributed by atoms with Crippen molar-refractivity contribution in [2.45, 2.75) is 18.9 Å². The number of imidazole rings is 1. The predicted molar refractivity (Wildman–Crippen MR) is 48.2 cm³/mol. The van der Waals surface area contributed by atoms with Crippen molar-refractivity contribution in [2.24, 2.45) is 0 Å². The molecule has 0 amide bonds. The molecule has 1 atom stereocenters. The van der Waals surface area contributed by atoms with Gasteiger partial charge in [-0.1, -0.05) is 0 Å². The third kappa shape index (κ3) is 1.34. The highest BCUT2D eigenvalue weighted by molar-refractivity contribution is 6.28. The summed E-state index contributed by atoms with van der Waals surface area (Å²) in [6.45, 7) is 1.17. The Morgan fingerprint density at radius 3 is 3.08 bits per heavy atom. The number of nitrogens with zero attached hydrogens (tertiary/aromatic N) is 2. The Bertz CT molecular complexity index is 271. The molecular formula is C8H12ClN3. The van der Waals surface area contributed by atoms with Crippen molar-refractivity contribution in [1.82, 2.24) is 14.9 Å². The lowest BCUT2D eigenvalue weighted by Gasteiger charge is -2.16. The fourth-order valence-electron chi connectivity index (χ4n) is 1.78. The molecule has 1 aliphatic rings. The van der Waals surface area contributed by atoms with Crippen molar-refractivity contribution in [3.8, 4) is 0 Å². The number of aromatic amines is 1. The number of nitrogens with one attached hydrogen (secondary N) is 1. The molecule has 0 bridgehead atoms. The van der Waals surface area contributed by atoms with Crippen LogP contribution in [-0.4, -0.2) is 28.5 Å². The van der Waals surface area contributed by atoms with Gasteiger partial charge in [0.05, 0.1) is 17.9 Å². The molecule has 66 valence electrons. The third-order valence-corrected chi connectivity index (χ3v) is 2.64.